The minimum Gasteiger partial charge on any atom is -0.465 e. The predicted molar refractivity (Wildman–Crippen MR) is 101 cm³/mol. The molecule has 0 N–H and O–H groups in total. The normalized spacial score (nSPS) is 26.2. The van der Waals surface area contributed by atoms with Crippen LogP contribution in [0.4, 0.5) is 0 Å². The van der Waals surface area contributed by atoms with Crippen LogP contribution in [-0.4, -0.2) is 50.1 Å². The maximum absolute atomic E-state index is 12.7. The van der Waals surface area contributed by atoms with Crippen molar-refractivity contribution >= 4 is 18.0 Å². The molecule has 2 heterocycles. The van der Waals surface area contributed by atoms with E-state index in [0.29, 0.717) is 6.42 Å². The zero-order chi connectivity index (χ0) is 20.5. The molecule has 0 amide bonds. The van der Waals surface area contributed by atoms with Crippen molar-refractivity contribution in [2.45, 2.75) is 32.0 Å². The number of methoxy groups -OCH3 is 3. The van der Waals surface area contributed by atoms with Crippen molar-refractivity contribution < 1.29 is 28.6 Å². The summed E-state index contributed by atoms with van der Waals surface area (Å²) < 4.78 is 15.5. The summed E-state index contributed by atoms with van der Waals surface area (Å²) in [5.74, 6) is -1.56. The van der Waals surface area contributed by atoms with Crippen molar-refractivity contribution in [1.29, 1.82) is 0 Å². The molecule has 2 aliphatic heterocycles. The van der Waals surface area contributed by atoms with Crippen molar-refractivity contribution in [3.63, 3.8) is 0 Å². The van der Waals surface area contributed by atoms with E-state index < -0.39 is 23.7 Å². The molecule has 1 fully saturated rings. The predicted octanol–water partition coefficient (Wildman–Crippen LogP) is 2.69. The number of nitrogens with zero attached hydrogens (tertiary/aromatic N) is 1. The third-order valence-electron chi connectivity index (χ3n) is 5.18. The number of hydrogen-bond acceptors (Lipinski definition) is 7. The minimum atomic E-state index is -1.03. The van der Waals surface area contributed by atoms with Gasteiger partial charge in [-0.25, -0.2) is 9.59 Å². The fraction of sp³-hybridized carbons (Fsp3) is 0.429. The van der Waals surface area contributed by atoms with Gasteiger partial charge in [-0.3, -0.25) is 0 Å². The van der Waals surface area contributed by atoms with Gasteiger partial charge in [0.15, 0.2) is 0 Å². The summed E-state index contributed by atoms with van der Waals surface area (Å²) in [5.41, 5.74) is -0.333. The molecule has 7 heteroatoms. The Bertz CT molecular complexity index is 829. The summed E-state index contributed by atoms with van der Waals surface area (Å²) in [7, 11) is 4.08. The summed E-state index contributed by atoms with van der Waals surface area (Å²) in [6.07, 6.45) is 3.75. The van der Waals surface area contributed by atoms with Gasteiger partial charge in [-0.1, -0.05) is 61.4 Å². The Morgan fingerprint density at radius 3 is 2.32 bits per heavy atom. The summed E-state index contributed by atoms with van der Waals surface area (Å²) in [6, 6.07) is 9.67. The van der Waals surface area contributed by atoms with Crippen LogP contribution in [-0.2, 0) is 28.6 Å². The van der Waals surface area contributed by atoms with Crippen LogP contribution in [0.15, 0.2) is 47.7 Å². The molecular weight excluding hydrogens is 362 g/mol. The molecule has 0 saturated carbocycles. The zero-order valence-corrected chi connectivity index (χ0v) is 16.7. The molecule has 2 aliphatic rings. The largest absolute Gasteiger partial charge is 0.465 e. The molecule has 7 nitrogen and oxygen atoms in total. The van der Waals surface area contributed by atoms with Crippen LogP contribution < -0.4 is 0 Å². The average Bonchev–Trinajstić information content (AvgIpc) is 3.11. The van der Waals surface area contributed by atoms with E-state index in [0.717, 1.165) is 5.56 Å². The highest BCUT2D eigenvalue weighted by Gasteiger charge is 2.65. The molecule has 0 unspecified atom stereocenters. The van der Waals surface area contributed by atoms with E-state index in [4.69, 9.17) is 19.0 Å². The van der Waals surface area contributed by atoms with Crippen molar-refractivity contribution in [3.8, 4) is 0 Å². The van der Waals surface area contributed by atoms with Crippen molar-refractivity contribution in [1.82, 2.24) is 5.06 Å². The summed E-state index contributed by atoms with van der Waals surface area (Å²) >= 11 is 0. The Morgan fingerprint density at radius 1 is 1.11 bits per heavy atom. The maximum Gasteiger partial charge on any atom is 0.376 e. The lowest BCUT2D eigenvalue weighted by molar-refractivity contribution is -0.231. The van der Waals surface area contributed by atoms with Crippen molar-refractivity contribution in [2.75, 3.05) is 21.3 Å². The van der Waals surface area contributed by atoms with Crippen LogP contribution in [0.1, 0.15) is 25.8 Å². The number of hydroxylamine groups is 2. The van der Waals surface area contributed by atoms with Gasteiger partial charge in [-0.15, -0.1) is 0 Å². The van der Waals surface area contributed by atoms with Gasteiger partial charge in [0.05, 0.1) is 14.2 Å². The maximum atomic E-state index is 12.7. The second-order valence-electron chi connectivity index (χ2n) is 7.53. The van der Waals surface area contributed by atoms with E-state index in [1.54, 1.807) is 12.2 Å². The van der Waals surface area contributed by atoms with Crippen LogP contribution in [0.2, 0.25) is 0 Å². The first-order valence-corrected chi connectivity index (χ1v) is 8.96. The molecule has 0 aliphatic carbocycles. The fourth-order valence-corrected chi connectivity index (χ4v) is 4.09. The van der Waals surface area contributed by atoms with Gasteiger partial charge in [0, 0.05) is 12.5 Å². The van der Waals surface area contributed by atoms with Gasteiger partial charge in [0.2, 0.25) is 5.76 Å². The fourth-order valence-electron chi connectivity index (χ4n) is 4.09. The Morgan fingerprint density at radius 2 is 1.75 bits per heavy atom. The molecule has 1 aromatic rings. The van der Waals surface area contributed by atoms with E-state index in [-0.39, 0.29) is 16.7 Å². The number of carbonyl (C=O) groups is 2. The quantitative estimate of drug-likeness (QED) is 0.719. The van der Waals surface area contributed by atoms with Gasteiger partial charge in [-0.2, -0.15) is 0 Å². The number of benzene rings is 1. The lowest BCUT2D eigenvalue weighted by Gasteiger charge is -2.31. The molecule has 1 saturated heterocycles. The first-order chi connectivity index (χ1) is 13.3. The second kappa shape index (κ2) is 7.41. The first-order valence-electron chi connectivity index (χ1n) is 8.96. The zero-order valence-electron chi connectivity index (χ0n) is 16.7. The van der Waals surface area contributed by atoms with Gasteiger partial charge in [-0.05, 0) is 12.0 Å². The van der Waals surface area contributed by atoms with Gasteiger partial charge < -0.3 is 19.0 Å². The number of hydrogen-bond donors (Lipinski definition) is 0. The lowest BCUT2D eigenvalue weighted by Crippen LogP contribution is -2.45. The number of esters is 2. The smallest absolute Gasteiger partial charge is 0.376 e. The summed E-state index contributed by atoms with van der Waals surface area (Å²) in [6.45, 7) is 4.04. The minimum absolute atomic E-state index is 0.113. The van der Waals surface area contributed by atoms with Crippen LogP contribution >= 0.6 is 0 Å². The molecule has 0 bridgehead atoms. The SMILES string of the molecule is COC(=O)C1=C(C(=O)OC)[C@]2(/C=C/c3ccccc3)CC(C)(C)[C@@H](OC)N2O1. The second-order valence-corrected chi connectivity index (χ2v) is 7.53. The molecule has 1 aromatic carbocycles. The monoisotopic (exact) mass is 387 g/mol. The highest BCUT2D eigenvalue weighted by molar-refractivity contribution is 6.02. The van der Waals surface area contributed by atoms with E-state index in [9.17, 15) is 9.59 Å². The van der Waals surface area contributed by atoms with E-state index in [1.165, 1.54) is 14.2 Å². The lowest BCUT2D eigenvalue weighted by atomic mass is 9.78. The highest BCUT2D eigenvalue weighted by atomic mass is 16.7. The van der Waals surface area contributed by atoms with Gasteiger partial charge in [0.25, 0.3) is 0 Å². The van der Waals surface area contributed by atoms with Gasteiger partial charge >= 0.3 is 11.9 Å². The Labute approximate surface area is 164 Å². The third-order valence-corrected chi connectivity index (χ3v) is 5.18. The molecular formula is C21H25NO6. The van der Waals surface area contributed by atoms with Crippen molar-refractivity contribution in [3.05, 3.63) is 53.3 Å². The Balaban J connectivity index is 2.19. The van der Waals surface area contributed by atoms with E-state index in [1.807, 2.05) is 56.3 Å². The topological polar surface area (TPSA) is 74.3 Å². The molecule has 2 atom stereocenters. The Kier molecular flexibility index (Phi) is 5.32. The Hall–Kier alpha value is -2.64. The van der Waals surface area contributed by atoms with Crippen LogP contribution in [0.25, 0.3) is 6.08 Å². The first kappa shape index (κ1) is 20.1. The number of fused-ring (bicyclic) bond motifs is 1. The molecule has 0 radical (unpaired) electrons. The average molecular weight is 387 g/mol. The molecule has 0 spiro atoms. The van der Waals surface area contributed by atoms with Gasteiger partial charge in [0.1, 0.15) is 17.3 Å². The van der Waals surface area contributed by atoms with Crippen molar-refractivity contribution in [2.24, 2.45) is 5.41 Å². The van der Waals surface area contributed by atoms with Crippen LogP contribution in [0.5, 0.6) is 0 Å². The van der Waals surface area contributed by atoms with Crippen LogP contribution in [0, 0.1) is 5.41 Å². The van der Waals surface area contributed by atoms with E-state index in [2.05, 4.69) is 0 Å². The van der Waals surface area contributed by atoms with Crippen LogP contribution in [0.3, 0.4) is 0 Å². The number of rotatable bonds is 5. The summed E-state index contributed by atoms with van der Waals surface area (Å²) in [4.78, 5) is 31.0. The summed E-state index contributed by atoms with van der Waals surface area (Å²) in [5, 5.41) is 1.56. The standard InChI is InChI=1S/C21H25NO6/c1-20(2)13-21(12-11-14-9-7-6-8-10-14)15(17(23)25-3)16(18(24)26-4)28-22(21)19(20)27-5/h6-12,19H,13H2,1-5H3/b12-11+/t19-,21+/m1/s1. The molecule has 28 heavy (non-hydrogen) atoms. The third kappa shape index (κ3) is 3.10. The molecule has 3 rings (SSSR count). The number of ether oxygens (including phenoxy) is 3. The molecule has 0 aromatic heterocycles. The molecule has 150 valence electrons. The van der Waals surface area contributed by atoms with E-state index >= 15 is 0 Å². The number of carbonyl (C=O) groups excluding carboxylic acids is 2. The highest BCUT2D eigenvalue weighted by Crippen LogP contribution is 2.55.